The number of piperidine rings is 1. The van der Waals surface area contributed by atoms with Crippen LogP contribution in [-0.2, 0) is 11.8 Å². The summed E-state index contributed by atoms with van der Waals surface area (Å²) < 4.78 is 49.4. The molecule has 2 saturated heterocycles. The molecule has 10 heteroatoms. The molecule has 0 aliphatic carbocycles. The van der Waals surface area contributed by atoms with Crippen molar-refractivity contribution < 1.29 is 22.7 Å². The van der Waals surface area contributed by atoms with E-state index in [1.807, 2.05) is 4.90 Å². The fourth-order valence-corrected chi connectivity index (χ4v) is 6.22. The minimum absolute atomic E-state index is 0.0452. The van der Waals surface area contributed by atoms with Crippen LogP contribution in [-0.4, -0.2) is 39.7 Å². The van der Waals surface area contributed by atoms with E-state index in [4.69, 9.17) is 4.42 Å². The number of nitrogens with one attached hydrogen (secondary N) is 1. The van der Waals surface area contributed by atoms with E-state index in [0.717, 1.165) is 19.3 Å². The van der Waals surface area contributed by atoms with E-state index in [-0.39, 0.29) is 39.7 Å². The average molecular weight is 509 g/mol. The van der Waals surface area contributed by atoms with Gasteiger partial charge in [0.15, 0.2) is 5.58 Å². The van der Waals surface area contributed by atoms with Crippen LogP contribution in [0.2, 0.25) is 0 Å². The largest absolute Gasteiger partial charge is 0.423 e. The average Bonchev–Trinajstić information content (AvgIpc) is 3.40. The van der Waals surface area contributed by atoms with E-state index >= 15 is 0 Å². The van der Waals surface area contributed by atoms with Crippen molar-refractivity contribution in [2.45, 2.75) is 77.2 Å². The molecule has 6 nitrogen and oxygen atoms in total. The number of halogens is 3. The Balaban J connectivity index is 1.73. The van der Waals surface area contributed by atoms with Crippen LogP contribution in [0.4, 0.5) is 19.2 Å². The number of benzene rings is 1. The maximum absolute atomic E-state index is 14.4. The van der Waals surface area contributed by atoms with Gasteiger partial charge in [0.1, 0.15) is 10.5 Å². The SMILES string of the molecule is CC(C)(O)c1cc(-c2nccs2)c2oc(N3CC4CCCC(C(C)(C)C)(C3)N4)nc2c1C(F)(F)F. The van der Waals surface area contributed by atoms with Crippen molar-refractivity contribution in [3.8, 4) is 10.6 Å². The molecule has 5 rings (SSSR count). The lowest BCUT2D eigenvalue weighted by Gasteiger charge is -2.56. The molecule has 2 atom stereocenters. The van der Waals surface area contributed by atoms with Gasteiger partial charge in [0.05, 0.1) is 16.7 Å². The quantitative estimate of drug-likeness (QED) is 0.456. The molecule has 0 spiro atoms. The highest BCUT2D eigenvalue weighted by Crippen LogP contribution is 2.47. The summed E-state index contributed by atoms with van der Waals surface area (Å²) in [7, 11) is 0. The summed E-state index contributed by atoms with van der Waals surface area (Å²) in [6, 6.07) is 1.74. The minimum Gasteiger partial charge on any atom is -0.423 e. The van der Waals surface area contributed by atoms with Gasteiger partial charge in [0.25, 0.3) is 6.01 Å². The molecule has 2 N–H and O–H groups in total. The Morgan fingerprint density at radius 3 is 2.57 bits per heavy atom. The number of alkyl halides is 3. The zero-order chi connectivity index (χ0) is 25.4. The standard InChI is InChI=1S/C25H31F3N4O2S/c1-22(2,3)24-8-6-7-14(31-24)12-32(13-24)21-30-18-17(25(26,27)28)16(23(4,5)33)11-15(19(18)34-21)20-29-9-10-35-20/h9-11,14,31,33H,6-8,12-13H2,1-5H3. The third-order valence-electron chi connectivity index (χ3n) is 7.50. The van der Waals surface area contributed by atoms with E-state index in [9.17, 15) is 18.3 Å². The van der Waals surface area contributed by atoms with Gasteiger partial charge in [-0.15, -0.1) is 11.3 Å². The summed E-state index contributed by atoms with van der Waals surface area (Å²) in [6.45, 7) is 10.5. The second-order valence-corrected chi connectivity index (χ2v) is 12.3. The highest BCUT2D eigenvalue weighted by Gasteiger charge is 2.50. The second-order valence-electron chi connectivity index (χ2n) is 11.4. The lowest BCUT2D eigenvalue weighted by atomic mass is 9.66. The summed E-state index contributed by atoms with van der Waals surface area (Å²) >= 11 is 1.30. The van der Waals surface area contributed by atoms with E-state index in [2.05, 4.69) is 36.1 Å². The molecule has 2 unspecified atom stereocenters. The first-order valence-electron chi connectivity index (χ1n) is 11.9. The first-order chi connectivity index (χ1) is 16.2. The Labute approximate surface area is 206 Å². The van der Waals surface area contributed by atoms with Crippen molar-refractivity contribution in [3.05, 3.63) is 28.8 Å². The molecule has 0 saturated carbocycles. The fourth-order valence-electron chi connectivity index (χ4n) is 5.57. The first kappa shape index (κ1) is 24.5. The lowest BCUT2D eigenvalue weighted by molar-refractivity contribution is -0.139. The second kappa shape index (κ2) is 7.91. The van der Waals surface area contributed by atoms with Crippen molar-refractivity contribution in [2.75, 3.05) is 18.0 Å². The molecule has 2 bridgehead atoms. The molecule has 190 valence electrons. The van der Waals surface area contributed by atoms with Gasteiger partial charge in [0, 0.05) is 36.2 Å². The van der Waals surface area contributed by atoms with Crippen molar-refractivity contribution in [2.24, 2.45) is 5.41 Å². The van der Waals surface area contributed by atoms with Crippen LogP contribution in [0, 0.1) is 5.41 Å². The van der Waals surface area contributed by atoms with Crippen molar-refractivity contribution in [3.63, 3.8) is 0 Å². The zero-order valence-corrected chi connectivity index (χ0v) is 21.4. The van der Waals surface area contributed by atoms with Gasteiger partial charge < -0.3 is 19.7 Å². The molecule has 2 aromatic heterocycles. The molecule has 0 amide bonds. The molecule has 2 fully saturated rings. The summed E-state index contributed by atoms with van der Waals surface area (Å²) in [5, 5.41) is 16.8. The molecule has 0 radical (unpaired) electrons. The highest BCUT2D eigenvalue weighted by atomic mass is 32.1. The first-order valence-corrected chi connectivity index (χ1v) is 12.8. The van der Waals surface area contributed by atoms with E-state index < -0.39 is 17.3 Å². The van der Waals surface area contributed by atoms with Crippen LogP contribution in [0.15, 0.2) is 22.1 Å². The number of nitrogens with zero attached hydrogens (tertiary/aromatic N) is 3. The predicted octanol–water partition coefficient (Wildman–Crippen LogP) is 5.94. The van der Waals surface area contributed by atoms with Crippen LogP contribution >= 0.6 is 11.3 Å². The van der Waals surface area contributed by atoms with Gasteiger partial charge in [0.2, 0.25) is 0 Å². The smallest absolute Gasteiger partial charge is 0.419 e. The molecular weight excluding hydrogens is 477 g/mol. The third-order valence-corrected chi connectivity index (χ3v) is 8.31. The molecule has 4 heterocycles. The van der Waals surface area contributed by atoms with E-state index in [0.29, 0.717) is 23.7 Å². The Kier molecular flexibility index (Phi) is 5.54. The number of aromatic nitrogens is 2. The zero-order valence-electron chi connectivity index (χ0n) is 20.6. The summed E-state index contributed by atoms with van der Waals surface area (Å²) in [5.74, 6) is 0. The monoisotopic (exact) mass is 508 g/mol. The van der Waals surface area contributed by atoms with Gasteiger partial charge in [-0.05, 0) is 50.2 Å². The fraction of sp³-hybridized carbons (Fsp3) is 0.600. The molecular formula is C25H31F3N4O2S. The van der Waals surface area contributed by atoms with Gasteiger partial charge in [-0.3, -0.25) is 0 Å². The van der Waals surface area contributed by atoms with Crippen LogP contribution in [0.5, 0.6) is 0 Å². The molecule has 2 aliphatic rings. The van der Waals surface area contributed by atoms with Crippen molar-refractivity contribution in [1.29, 1.82) is 0 Å². The number of hydrogen-bond donors (Lipinski definition) is 2. The number of anilines is 1. The van der Waals surface area contributed by atoms with Gasteiger partial charge >= 0.3 is 6.18 Å². The maximum Gasteiger partial charge on any atom is 0.419 e. The summed E-state index contributed by atoms with van der Waals surface area (Å²) in [4.78, 5) is 10.8. The van der Waals surface area contributed by atoms with E-state index in [1.54, 1.807) is 11.6 Å². The Bertz CT molecular complexity index is 1240. The number of fused-ring (bicyclic) bond motifs is 3. The number of oxazole rings is 1. The van der Waals surface area contributed by atoms with Crippen LogP contribution in [0.3, 0.4) is 0 Å². The number of piperazine rings is 1. The minimum atomic E-state index is -4.73. The number of aliphatic hydroxyl groups is 1. The number of rotatable bonds is 3. The molecule has 2 aliphatic heterocycles. The van der Waals surface area contributed by atoms with E-state index in [1.165, 1.54) is 31.3 Å². The van der Waals surface area contributed by atoms with Gasteiger partial charge in [-0.25, -0.2) is 4.98 Å². The maximum atomic E-state index is 14.4. The normalized spacial score (nSPS) is 23.8. The topological polar surface area (TPSA) is 74.4 Å². The number of hydrogen-bond acceptors (Lipinski definition) is 7. The Morgan fingerprint density at radius 1 is 1.23 bits per heavy atom. The van der Waals surface area contributed by atoms with Crippen LogP contribution in [0.1, 0.15) is 65.0 Å². The predicted molar refractivity (Wildman–Crippen MR) is 131 cm³/mol. The highest BCUT2D eigenvalue weighted by molar-refractivity contribution is 7.13. The van der Waals surface area contributed by atoms with Crippen LogP contribution in [0.25, 0.3) is 21.7 Å². The van der Waals surface area contributed by atoms with Gasteiger partial charge in [-0.2, -0.15) is 18.2 Å². The van der Waals surface area contributed by atoms with Crippen molar-refractivity contribution >= 4 is 28.5 Å². The number of thiazole rings is 1. The lowest BCUT2D eigenvalue weighted by Crippen LogP contribution is -2.71. The summed E-state index contributed by atoms with van der Waals surface area (Å²) in [6.07, 6.45) is -0.0527. The molecule has 3 aromatic rings. The summed E-state index contributed by atoms with van der Waals surface area (Å²) in [5.41, 5.74) is -3.05. The third kappa shape index (κ3) is 4.13. The Hall–Kier alpha value is -2.17. The molecule has 35 heavy (non-hydrogen) atoms. The Morgan fingerprint density at radius 2 is 1.97 bits per heavy atom. The van der Waals surface area contributed by atoms with Crippen molar-refractivity contribution in [1.82, 2.24) is 15.3 Å². The van der Waals surface area contributed by atoms with Crippen LogP contribution < -0.4 is 10.2 Å². The van der Waals surface area contributed by atoms with Gasteiger partial charge in [-0.1, -0.05) is 20.8 Å². The molecule has 1 aromatic carbocycles.